The molecule has 2 aromatic carbocycles. The molecular weight excluding hydrogens is 242 g/mol. The molecule has 20 heavy (non-hydrogen) atoms. The molecule has 0 unspecified atom stereocenters. The van der Waals surface area contributed by atoms with E-state index in [0.717, 1.165) is 13.0 Å². The molecule has 0 aliphatic carbocycles. The van der Waals surface area contributed by atoms with Crippen LogP contribution >= 0.6 is 0 Å². The molecule has 0 saturated heterocycles. The van der Waals surface area contributed by atoms with Crippen LogP contribution in [0.5, 0.6) is 0 Å². The normalized spacial score (nSPS) is 11.1. The Bertz CT molecular complexity index is 552. The summed E-state index contributed by atoms with van der Waals surface area (Å²) < 4.78 is 0. The zero-order valence-corrected chi connectivity index (χ0v) is 13.0. The van der Waals surface area contributed by atoms with Gasteiger partial charge in [-0.25, -0.2) is 0 Å². The molecule has 0 amide bonds. The Morgan fingerprint density at radius 3 is 2.20 bits per heavy atom. The summed E-state index contributed by atoms with van der Waals surface area (Å²) in [5.74, 6) is 0.711. The van der Waals surface area contributed by atoms with Gasteiger partial charge in [0.1, 0.15) is 0 Å². The van der Waals surface area contributed by atoms with Gasteiger partial charge in [0.05, 0.1) is 0 Å². The van der Waals surface area contributed by atoms with E-state index in [-0.39, 0.29) is 0 Å². The third-order valence-electron chi connectivity index (χ3n) is 3.65. The van der Waals surface area contributed by atoms with Crippen molar-refractivity contribution < 1.29 is 0 Å². The third kappa shape index (κ3) is 3.71. The van der Waals surface area contributed by atoms with E-state index in [1.54, 1.807) is 0 Å². The lowest BCUT2D eigenvalue weighted by atomic mass is 9.97. The smallest absolute Gasteiger partial charge is 0.0205 e. The zero-order valence-electron chi connectivity index (χ0n) is 13.0. The first-order chi connectivity index (χ1) is 9.60. The molecule has 0 aliphatic rings. The van der Waals surface area contributed by atoms with Gasteiger partial charge in [-0.05, 0) is 60.2 Å². The molecular formula is C19H25N. The van der Waals surface area contributed by atoms with Crippen LogP contribution in [0.15, 0.2) is 42.5 Å². The van der Waals surface area contributed by atoms with Crippen LogP contribution in [-0.4, -0.2) is 7.05 Å². The highest BCUT2D eigenvalue weighted by Gasteiger charge is 2.03. The van der Waals surface area contributed by atoms with Gasteiger partial charge >= 0.3 is 0 Å². The maximum absolute atomic E-state index is 3.23. The van der Waals surface area contributed by atoms with Crippen molar-refractivity contribution in [1.82, 2.24) is 5.32 Å². The Kier molecular flexibility index (Phi) is 4.97. The minimum absolute atomic E-state index is 0.711. The lowest BCUT2D eigenvalue weighted by Gasteiger charge is -2.10. The molecule has 0 saturated carbocycles. The molecule has 1 N–H and O–H groups in total. The van der Waals surface area contributed by atoms with Gasteiger partial charge in [0, 0.05) is 6.54 Å². The van der Waals surface area contributed by atoms with Gasteiger partial charge in [0.15, 0.2) is 0 Å². The molecule has 2 rings (SSSR count). The Labute approximate surface area is 123 Å². The highest BCUT2D eigenvalue weighted by atomic mass is 14.8. The summed E-state index contributed by atoms with van der Waals surface area (Å²) in [6, 6.07) is 15.7. The molecule has 2 aromatic rings. The summed E-state index contributed by atoms with van der Waals surface area (Å²) in [7, 11) is 1.99. The van der Waals surface area contributed by atoms with E-state index < -0.39 is 0 Å². The van der Waals surface area contributed by atoms with E-state index in [4.69, 9.17) is 0 Å². The highest BCUT2D eigenvalue weighted by Crippen LogP contribution is 2.23. The molecule has 1 nitrogen and oxygen atoms in total. The largest absolute Gasteiger partial charge is 0.316 e. The van der Waals surface area contributed by atoms with E-state index in [0.29, 0.717) is 5.92 Å². The molecule has 0 atom stereocenters. The average Bonchev–Trinajstić information content (AvgIpc) is 2.42. The quantitative estimate of drug-likeness (QED) is 0.836. The number of benzene rings is 2. The fourth-order valence-corrected chi connectivity index (χ4v) is 2.54. The zero-order chi connectivity index (χ0) is 14.5. The number of rotatable bonds is 5. The predicted octanol–water partition coefficient (Wildman–Crippen LogP) is 4.58. The first-order valence-corrected chi connectivity index (χ1v) is 7.43. The van der Waals surface area contributed by atoms with Gasteiger partial charge < -0.3 is 5.32 Å². The summed E-state index contributed by atoms with van der Waals surface area (Å²) in [6.45, 7) is 7.61. The van der Waals surface area contributed by atoms with Crippen molar-refractivity contribution in [2.45, 2.75) is 33.7 Å². The van der Waals surface area contributed by atoms with Crippen LogP contribution in [0.25, 0.3) is 11.1 Å². The number of nitrogens with one attached hydrogen (secondary N) is 1. The number of aryl methyl sites for hydroxylation is 1. The Hall–Kier alpha value is -1.60. The van der Waals surface area contributed by atoms with E-state index in [2.05, 4.69) is 68.6 Å². The van der Waals surface area contributed by atoms with Gasteiger partial charge in [-0.3, -0.25) is 0 Å². The van der Waals surface area contributed by atoms with E-state index in [9.17, 15) is 0 Å². The van der Waals surface area contributed by atoms with Crippen molar-refractivity contribution >= 4 is 0 Å². The summed E-state index contributed by atoms with van der Waals surface area (Å²) in [4.78, 5) is 0. The van der Waals surface area contributed by atoms with Crippen LogP contribution in [0, 0.1) is 12.8 Å². The SMILES string of the molecule is CNCc1cc(-c2ccc(CC(C)C)cc2)ccc1C. The Morgan fingerprint density at radius 1 is 0.950 bits per heavy atom. The second kappa shape index (κ2) is 6.71. The van der Waals surface area contributed by atoms with E-state index >= 15 is 0 Å². The molecule has 1 heteroatoms. The molecule has 0 spiro atoms. The standard InChI is InChI=1S/C19H25N/c1-14(2)11-16-6-9-17(10-7-16)18-8-5-15(3)19(12-18)13-20-4/h5-10,12,14,20H,11,13H2,1-4H3. The lowest BCUT2D eigenvalue weighted by Crippen LogP contribution is -2.06. The second-order valence-corrected chi connectivity index (χ2v) is 5.97. The first kappa shape index (κ1) is 14.8. The van der Waals surface area contributed by atoms with Crippen LogP contribution in [0.2, 0.25) is 0 Å². The second-order valence-electron chi connectivity index (χ2n) is 5.97. The van der Waals surface area contributed by atoms with Crippen molar-refractivity contribution in [3.63, 3.8) is 0 Å². The number of hydrogen-bond donors (Lipinski definition) is 1. The molecule has 0 bridgehead atoms. The summed E-state index contributed by atoms with van der Waals surface area (Å²) in [5, 5.41) is 3.23. The predicted molar refractivity (Wildman–Crippen MR) is 87.9 cm³/mol. The van der Waals surface area contributed by atoms with Crippen LogP contribution in [-0.2, 0) is 13.0 Å². The molecule has 106 valence electrons. The first-order valence-electron chi connectivity index (χ1n) is 7.43. The monoisotopic (exact) mass is 267 g/mol. The van der Waals surface area contributed by atoms with Gasteiger partial charge in [-0.2, -0.15) is 0 Å². The van der Waals surface area contributed by atoms with Gasteiger partial charge in [0.25, 0.3) is 0 Å². The highest BCUT2D eigenvalue weighted by molar-refractivity contribution is 5.65. The summed E-state index contributed by atoms with van der Waals surface area (Å²) >= 11 is 0. The van der Waals surface area contributed by atoms with E-state index in [1.807, 2.05) is 7.05 Å². The Morgan fingerprint density at radius 2 is 1.60 bits per heavy atom. The molecule has 0 heterocycles. The Balaban J connectivity index is 2.25. The minimum Gasteiger partial charge on any atom is -0.316 e. The van der Waals surface area contributed by atoms with Crippen molar-refractivity contribution in [3.05, 3.63) is 59.2 Å². The molecule has 0 fully saturated rings. The summed E-state index contributed by atoms with van der Waals surface area (Å²) in [5.41, 5.74) is 6.74. The van der Waals surface area contributed by atoms with Crippen LogP contribution < -0.4 is 5.32 Å². The summed E-state index contributed by atoms with van der Waals surface area (Å²) in [6.07, 6.45) is 1.15. The van der Waals surface area contributed by atoms with E-state index in [1.165, 1.54) is 27.8 Å². The van der Waals surface area contributed by atoms with Gasteiger partial charge in [0.2, 0.25) is 0 Å². The van der Waals surface area contributed by atoms with Crippen molar-refractivity contribution in [2.24, 2.45) is 5.92 Å². The fraction of sp³-hybridized carbons (Fsp3) is 0.368. The number of hydrogen-bond acceptors (Lipinski definition) is 1. The van der Waals surface area contributed by atoms with Crippen LogP contribution in [0.3, 0.4) is 0 Å². The van der Waals surface area contributed by atoms with Crippen LogP contribution in [0.1, 0.15) is 30.5 Å². The van der Waals surface area contributed by atoms with Gasteiger partial charge in [-0.1, -0.05) is 50.2 Å². The topological polar surface area (TPSA) is 12.0 Å². The van der Waals surface area contributed by atoms with Crippen molar-refractivity contribution in [1.29, 1.82) is 0 Å². The molecule has 0 aromatic heterocycles. The minimum atomic E-state index is 0.711. The lowest BCUT2D eigenvalue weighted by molar-refractivity contribution is 0.647. The van der Waals surface area contributed by atoms with Crippen molar-refractivity contribution in [3.8, 4) is 11.1 Å². The van der Waals surface area contributed by atoms with Gasteiger partial charge in [-0.15, -0.1) is 0 Å². The fourth-order valence-electron chi connectivity index (χ4n) is 2.54. The molecule has 0 aliphatic heterocycles. The van der Waals surface area contributed by atoms with Crippen molar-refractivity contribution in [2.75, 3.05) is 7.05 Å². The third-order valence-corrected chi connectivity index (χ3v) is 3.65. The maximum atomic E-state index is 3.23. The maximum Gasteiger partial charge on any atom is 0.0205 e. The van der Waals surface area contributed by atoms with Crippen LogP contribution in [0.4, 0.5) is 0 Å². The molecule has 0 radical (unpaired) electrons. The average molecular weight is 267 g/mol.